The van der Waals surface area contributed by atoms with Crippen molar-refractivity contribution >= 4 is 56.2 Å². The standard InChI is InChI=1S/C17H13N5O3S3/c23-13(8-22-15(25)12-6-2-1-5-11(12)14(24)21-22)18-16-19-20-17(28-16)27-9-10-4-3-7-26-10/h1-7H,8-9H2,(H,21,24)(H,18,19,23). The molecule has 0 radical (unpaired) electrons. The van der Waals surface area contributed by atoms with Crippen LogP contribution >= 0.6 is 34.4 Å². The lowest BCUT2D eigenvalue weighted by Gasteiger charge is -2.06. The van der Waals surface area contributed by atoms with Crippen LogP contribution in [-0.4, -0.2) is 25.9 Å². The number of carbonyl (C=O) groups is 1. The van der Waals surface area contributed by atoms with Gasteiger partial charge in [-0.15, -0.1) is 21.5 Å². The van der Waals surface area contributed by atoms with Gasteiger partial charge in [0.15, 0.2) is 4.34 Å². The Labute approximate surface area is 170 Å². The highest BCUT2D eigenvalue weighted by atomic mass is 32.2. The van der Waals surface area contributed by atoms with Crippen LogP contribution in [0, 0.1) is 0 Å². The first-order chi connectivity index (χ1) is 13.6. The maximum atomic E-state index is 12.5. The predicted molar refractivity (Wildman–Crippen MR) is 111 cm³/mol. The first-order valence-corrected chi connectivity index (χ1v) is 10.8. The van der Waals surface area contributed by atoms with Gasteiger partial charge in [0.1, 0.15) is 6.54 Å². The lowest BCUT2D eigenvalue weighted by Crippen LogP contribution is -2.34. The number of thioether (sulfide) groups is 1. The van der Waals surface area contributed by atoms with Gasteiger partial charge in [0.25, 0.3) is 11.1 Å². The van der Waals surface area contributed by atoms with Gasteiger partial charge in [-0.25, -0.2) is 4.68 Å². The summed E-state index contributed by atoms with van der Waals surface area (Å²) in [6, 6.07) is 10.5. The first-order valence-electron chi connectivity index (χ1n) is 8.10. The number of rotatable bonds is 6. The normalized spacial score (nSPS) is 11.0. The highest BCUT2D eigenvalue weighted by Crippen LogP contribution is 2.29. The summed E-state index contributed by atoms with van der Waals surface area (Å²) in [5.74, 6) is 0.313. The smallest absolute Gasteiger partial charge is 0.273 e. The monoisotopic (exact) mass is 431 g/mol. The van der Waals surface area contributed by atoms with E-state index in [4.69, 9.17) is 0 Å². The van der Waals surface area contributed by atoms with E-state index in [0.717, 1.165) is 14.8 Å². The van der Waals surface area contributed by atoms with Crippen LogP contribution in [0.15, 0.2) is 55.7 Å². The lowest BCUT2D eigenvalue weighted by atomic mass is 10.2. The molecule has 0 atom stereocenters. The van der Waals surface area contributed by atoms with Gasteiger partial charge in [-0.3, -0.25) is 24.8 Å². The molecule has 3 heterocycles. The van der Waals surface area contributed by atoms with Gasteiger partial charge in [-0.1, -0.05) is 41.3 Å². The molecule has 0 spiro atoms. The van der Waals surface area contributed by atoms with E-state index < -0.39 is 17.0 Å². The summed E-state index contributed by atoms with van der Waals surface area (Å²) in [5, 5.41) is 15.9. The Morgan fingerprint density at radius 3 is 2.75 bits per heavy atom. The zero-order chi connectivity index (χ0) is 19.5. The number of nitrogens with zero attached hydrogens (tertiary/aromatic N) is 3. The van der Waals surface area contributed by atoms with Crippen molar-refractivity contribution in [1.82, 2.24) is 20.0 Å². The van der Waals surface area contributed by atoms with E-state index in [-0.39, 0.29) is 11.9 Å². The second-order valence-corrected chi connectivity index (χ2v) is 8.90. The van der Waals surface area contributed by atoms with E-state index >= 15 is 0 Å². The minimum Gasteiger partial charge on any atom is -0.299 e. The SMILES string of the molecule is O=C(Cn1[nH]c(=O)c2ccccc2c1=O)Nc1nnc(SCc2cccs2)s1. The van der Waals surface area contributed by atoms with E-state index in [1.807, 2.05) is 17.5 Å². The highest BCUT2D eigenvalue weighted by molar-refractivity contribution is 8.00. The molecule has 0 unspecified atom stereocenters. The number of H-pyrrole nitrogens is 1. The van der Waals surface area contributed by atoms with Gasteiger partial charge in [-0.2, -0.15) is 0 Å². The fraction of sp³-hybridized carbons (Fsp3) is 0.118. The molecule has 142 valence electrons. The van der Waals surface area contributed by atoms with Crippen LogP contribution in [0.4, 0.5) is 5.13 Å². The second-order valence-electron chi connectivity index (χ2n) is 5.67. The summed E-state index contributed by atoms with van der Waals surface area (Å²) >= 11 is 4.46. The Balaban J connectivity index is 1.44. The van der Waals surface area contributed by atoms with E-state index in [2.05, 4.69) is 20.6 Å². The largest absolute Gasteiger partial charge is 0.299 e. The molecule has 8 nitrogen and oxygen atoms in total. The third-order valence-corrected chi connectivity index (χ3v) is 6.84. The molecule has 0 aliphatic heterocycles. The molecule has 2 N–H and O–H groups in total. The Bertz CT molecular complexity index is 1240. The Kier molecular flexibility index (Phi) is 5.37. The maximum absolute atomic E-state index is 12.5. The number of hydrogen-bond donors (Lipinski definition) is 2. The molecule has 0 saturated heterocycles. The Hall–Kier alpha value is -2.76. The van der Waals surface area contributed by atoms with E-state index in [1.165, 1.54) is 28.0 Å². The Morgan fingerprint density at radius 1 is 1.14 bits per heavy atom. The van der Waals surface area contributed by atoms with Crippen molar-refractivity contribution in [2.24, 2.45) is 0 Å². The van der Waals surface area contributed by atoms with Crippen LogP contribution in [0.3, 0.4) is 0 Å². The summed E-state index contributed by atoms with van der Waals surface area (Å²) in [6.07, 6.45) is 0. The summed E-state index contributed by atoms with van der Waals surface area (Å²) in [7, 11) is 0. The quantitative estimate of drug-likeness (QED) is 0.359. The fourth-order valence-corrected chi connectivity index (χ4v) is 5.05. The van der Waals surface area contributed by atoms with Crippen LogP contribution in [-0.2, 0) is 17.1 Å². The zero-order valence-corrected chi connectivity index (χ0v) is 16.7. The summed E-state index contributed by atoms with van der Waals surface area (Å²) in [4.78, 5) is 38.1. The van der Waals surface area contributed by atoms with Crippen molar-refractivity contribution in [3.05, 3.63) is 67.4 Å². The molecule has 28 heavy (non-hydrogen) atoms. The van der Waals surface area contributed by atoms with Gasteiger partial charge in [-0.05, 0) is 23.6 Å². The minimum absolute atomic E-state index is 0.266. The number of thiophene rings is 1. The van der Waals surface area contributed by atoms with E-state index in [9.17, 15) is 14.4 Å². The molecule has 4 aromatic rings. The predicted octanol–water partition coefficient (Wildman–Crippen LogP) is 2.53. The van der Waals surface area contributed by atoms with Crippen molar-refractivity contribution in [2.45, 2.75) is 16.6 Å². The van der Waals surface area contributed by atoms with Crippen LogP contribution in [0.25, 0.3) is 10.8 Å². The number of hydrogen-bond acceptors (Lipinski definition) is 8. The van der Waals surface area contributed by atoms with Gasteiger partial charge < -0.3 is 0 Å². The number of aromatic amines is 1. The number of benzene rings is 1. The lowest BCUT2D eigenvalue weighted by molar-refractivity contribution is -0.117. The number of fused-ring (bicyclic) bond motifs is 1. The average Bonchev–Trinajstić information content (AvgIpc) is 3.36. The molecule has 0 saturated carbocycles. The summed E-state index contributed by atoms with van der Waals surface area (Å²) in [6.45, 7) is -0.323. The van der Waals surface area contributed by atoms with E-state index in [1.54, 1.807) is 35.6 Å². The van der Waals surface area contributed by atoms with Crippen molar-refractivity contribution in [3.8, 4) is 0 Å². The van der Waals surface area contributed by atoms with Gasteiger partial charge in [0.2, 0.25) is 11.0 Å². The molecule has 0 aliphatic carbocycles. The van der Waals surface area contributed by atoms with E-state index in [0.29, 0.717) is 10.5 Å². The van der Waals surface area contributed by atoms with Crippen molar-refractivity contribution in [1.29, 1.82) is 0 Å². The molecule has 0 aliphatic rings. The molecule has 1 aromatic carbocycles. The minimum atomic E-state index is -0.473. The zero-order valence-electron chi connectivity index (χ0n) is 14.2. The number of amides is 1. The molecule has 3 aromatic heterocycles. The Morgan fingerprint density at radius 2 is 1.96 bits per heavy atom. The second kappa shape index (κ2) is 8.09. The van der Waals surface area contributed by atoms with Crippen molar-refractivity contribution in [2.75, 3.05) is 5.32 Å². The van der Waals surface area contributed by atoms with Crippen LogP contribution in [0.5, 0.6) is 0 Å². The molecule has 11 heteroatoms. The van der Waals surface area contributed by atoms with Crippen LogP contribution in [0.2, 0.25) is 0 Å². The topological polar surface area (TPSA) is 110 Å². The molecule has 1 amide bonds. The highest BCUT2D eigenvalue weighted by Gasteiger charge is 2.13. The number of nitrogens with one attached hydrogen (secondary N) is 2. The third kappa shape index (κ3) is 4.06. The molecule has 0 bridgehead atoms. The molecule has 0 fully saturated rings. The van der Waals surface area contributed by atoms with Crippen LogP contribution in [0.1, 0.15) is 4.88 Å². The maximum Gasteiger partial charge on any atom is 0.273 e. The summed E-state index contributed by atoms with van der Waals surface area (Å²) < 4.78 is 1.73. The van der Waals surface area contributed by atoms with Gasteiger partial charge >= 0.3 is 0 Å². The van der Waals surface area contributed by atoms with Gasteiger partial charge in [0.05, 0.1) is 10.8 Å². The fourth-order valence-electron chi connectivity index (χ4n) is 2.51. The average molecular weight is 432 g/mol. The summed E-state index contributed by atoms with van der Waals surface area (Å²) in [5.41, 5.74) is -0.860. The molecular formula is C17H13N5O3S3. The number of aromatic nitrogens is 4. The molecular weight excluding hydrogens is 418 g/mol. The van der Waals surface area contributed by atoms with Crippen molar-refractivity contribution in [3.63, 3.8) is 0 Å². The first kappa shape index (κ1) is 18.6. The van der Waals surface area contributed by atoms with Gasteiger partial charge in [0, 0.05) is 10.6 Å². The van der Waals surface area contributed by atoms with Crippen molar-refractivity contribution < 1.29 is 4.79 Å². The molecule has 4 rings (SSSR count). The van der Waals surface area contributed by atoms with Crippen LogP contribution < -0.4 is 16.4 Å². The number of carbonyl (C=O) groups excluding carboxylic acids is 1. The number of anilines is 1. The third-order valence-electron chi connectivity index (χ3n) is 3.76.